The normalized spacial score (nSPS) is 18.8. The van der Waals surface area contributed by atoms with E-state index in [1.54, 1.807) is 0 Å². The van der Waals surface area contributed by atoms with Gasteiger partial charge < -0.3 is 14.5 Å². The number of nitrogens with zero attached hydrogens (tertiary/aromatic N) is 5. The van der Waals surface area contributed by atoms with E-state index in [1.807, 2.05) is 17.9 Å². The monoisotopic (exact) mass is 421 g/mol. The third kappa shape index (κ3) is 4.19. The average Bonchev–Trinajstić information content (AvgIpc) is 2.74. The Balaban J connectivity index is 1.48. The van der Waals surface area contributed by atoms with Gasteiger partial charge >= 0.3 is 0 Å². The van der Waals surface area contributed by atoms with Gasteiger partial charge in [0.1, 0.15) is 16.5 Å². The summed E-state index contributed by atoms with van der Waals surface area (Å²) in [4.78, 5) is 13.1. The molecule has 0 amide bonds. The van der Waals surface area contributed by atoms with Gasteiger partial charge in [0.05, 0.1) is 13.2 Å². The summed E-state index contributed by atoms with van der Waals surface area (Å²) in [5.74, 6) is 0.725. The first-order valence-electron chi connectivity index (χ1n) is 9.63. The second kappa shape index (κ2) is 8.21. The Kier molecular flexibility index (Phi) is 5.66. The highest BCUT2D eigenvalue weighted by Crippen LogP contribution is 2.23. The van der Waals surface area contributed by atoms with E-state index in [9.17, 15) is 12.8 Å². The molecular formula is C19H24FN5O3S. The first-order valence-corrected chi connectivity index (χ1v) is 11.1. The molecule has 8 nitrogen and oxygen atoms in total. The molecule has 2 aliphatic rings. The molecule has 156 valence electrons. The van der Waals surface area contributed by atoms with E-state index in [-0.39, 0.29) is 18.0 Å². The van der Waals surface area contributed by atoms with Crippen LogP contribution in [0.15, 0.2) is 35.2 Å². The molecule has 4 rings (SSSR count). The number of aromatic nitrogens is 2. The molecule has 0 atom stereocenters. The van der Waals surface area contributed by atoms with E-state index in [1.165, 1.54) is 28.6 Å². The van der Waals surface area contributed by atoms with Crippen LogP contribution in [0.1, 0.15) is 5.69 Å². The molecule has 0 unspecified atom stereocenters. The number of anilines is 2. The van der Waals surface area contributed by atoms with Crippen molar-refractivity contribution >= 4 is 21.8 Å². The van der Waals surface area contributed by atoms with Crippen molar-refractivity contribution in [2.45, 2.75) is 11.8 Å². The number of hydrogen-bond donors (Lipinski definition) is 0. The van der Waals surface area contributed by atoms with Crippen molar-refractivity contribution in [1.29, 1.82) is 0 Å². The van der Waals surface area contributed by atoms with Crippen LogP contribution in [0.3, 0.4) is 0 Å². The lowest BCUT2D eigenvalue weighted by atomic mass is 10.3. The smallest absolute Gasteiger partial charge is 0.246 e. The van der Waals surface area contributed by atoms with E-state index in [0.717, 1.165) is 24.6 Å². The Morgan fingerprint density at radius 1 is 0.966 bits per heavy atom. The van der Waals surface area contributed by atoms with Gasteiger partial charge in [-0.25, -0.2) is 17.8 Å². The lowest BCUT2D eigenvalue weighted by molar-refractivity contribution is 0.122. The van der Waals surface area contributed by atoms with Crippen molar-refractivity contribution in [2.24, 2.45) is 0 Å². The zero-order valence-electron chi connectivity index (χ0n) is 16.3. The van der Waals surface area contributed by atoms with Gasteiger partial charge in [-0.3, -0.25) is 0 Å². The summed E-state index contributed by atoms with van der Waals surface area (Å²) in [5, 5.41) is 0. The van der Waals surface area contributed by atoms with Gasteiger partial charge in [0.2, 0.25) is 16.0 Å². The Morgan fingerprint density at radius 3 is 2.34 bits per heavy atom. The quantitative estimate of drug-likeness (QED) is 0.736. The number of aryl methyl sites for hydroxylation is 1. The molecule has 0 aliphatic carbocycles. The fraction of sp³-hybridized carbons (Fsp3) is 0.474. The van der Waals surface area contributed by atoms with Crippen molar-refractivity contribution in [3.05, 3.63) is 41.8 Å². The van der Waals surface area contributed by atoms with Crippen LogP contribution >= 0.6 is 0 Å². The number of hydrogen-bond acceptors (Lipinski definition) is 7. The van der Waals surface area contributed by atoms with E-state index in [0.29, 0.717) is 32.3 Å². The highest BCUT2D eigenvalue weighted by Gasteiger charge is 2.31. The molecule has 0 bridgehead atoms. The second-order valence-corrected chi connectivity index (χ2v) is 8.99. The lowest BCUT2D eigenvalue weighted by Crippen LogP contribution is -2.49. The standard InChI is InChI=1S/C19H24FN5O3S/c1-15-14-18(22-19(21-15)24-10-12-28-13-11-24)23-6-8-25(9-7-23)29(26,27)17-5-3-2-4-16(17)20/h2-5,14H,6-13H2,1H3. The van der Waals surface area contributed by atoms with Crippen LogP contribution in [0.5, 0.6) is 0 Å². The van der Waals surface area contributed by atoms with Gasteiger partial charge in [-0.2, -0.15) is 9.29 Å². The largest absolute Gasteiger partial charge is 0.378 e. The molecule has 3 heterocycles. The Morgan fingerprint density at radius 2 is 1.66 bits per heavy atom. The van der Waals surface area contributed by atoms with Crippen LogP contribution in [0, 0.1) is 12.7 Å². The minimum Gasteiger partial charge on any atom is -0.378 e. The predicted octanol–water partition coefficient (Wildman–Crippen LogP) is 1.27. The molecule has 0 radical (unpaired) electrons. The molecule has 2 aliphatic heterocycles. The van der Waals surface area contributed by atoms with Gasteiger partial charge in [-0.15, -0.1) is 0 Å². The number of halogens is 1. The Hall–Kier alpha value is -2.30. The highest BCUT2D eigenvalue weighted by molar-refractivity contribution is 7.89. The molecule has 2 fully saturated rings. The number of rotatable bonds is 4. The van der Waals surface area contributed by atoms with Crippen molar-refractivity contribution in [2.75, 3.05) is 62.3 Å². The maximum absolute atomic E-state index is 14.0. The molecule has 1 aromatic carbocycles. The molecule has 1 aromatic heterocycles. The summed E-state index contributed by atoms with van der Waals surface area (Å²) < 4.78 is 46.3. The van der Waals surface area contributed by atoms with Gasteiger partial charge in [0.15, 0.2) is 0 Å². The fourth-order valence-corrected chi connectivity index (χ4v) is 5.04. The zero-order valence-corrected chi connectivity index (χ0v) is 17.1. The van der Waals surface area contributed by atoms with Crippen LogP contribution < -0.4 is 9.80 Å². The van der Waals surface area contributed by atoms with Crippen LogP contribution in [-0.2, 0) is 14.8 Å². The summed E-state index contributed by atoms with van der Waals surface area (Å²) >= 11 is 0. The molecule has 0 spiro atoms. The molecule has 0 N–H and O–H groups in total. The van der Waals surface area contributed by atoms with Crippen LogP contribution in [-0.4, -0.2) is 75.2 Å². The van der Waals surface area contributed by atoms with Crippen LogP contribution in [0.4, 0.5) is 16.2 Å². The third-order valence-electron chi connectivity index (χ3n) is 5.14. The molecule has 29 heavy (non-hydrogen) atoms. The van der Waals surface area contributed by atoms with Crippen molar-refractivity contribution in [1.82, 2.24) is 14.3 Å². The van der Waals surface area contributed by atoms with Gasteiger partial charge in [0.25, 0.3) is 0 Å². The molecule has 0 saturated carbocycles. The first-order chi connectivity index (χ1) is 13.9. The minimum atomic E-state index is -3.85. The maximum Gasteiger partial charge on any atom is 0.246 e. The molecule has 10 heteroatoms. The van der Waals surface area contributed by atoms with Gasteiger partial charge in [0, 0.05) is 51.0 Å². The van der Waals surface area contributed by atoms with Gasteiger partial charge in [-0.05, 0) is 19.1 Å². The zero-order chi connectivity index (χ0) is 20.4. The predicted molar refractivity (Wildman–Crippen MR) is 107 cm³/mol. The Bertz CT molecular complexity index is 974. The third-order valence-corrected chi connectivity index (χ3v) is 7.07. The number of benzene rings is 1. The first kappa shape index (κ1) is 20.0. The van der Waals surface area contributed by atoms with Crippen LogP contribution in [0.25, 0.3) is 0 Å². The summed E-state index contributed by atoms with van der Waals surface area (Å²) in [6.45, 7) is 6.22. The van der Waals surface area contributed by atoms with E-state index >= 15 is 0 Å². The lowest BCUT2D eigenvalue weighted by Gasteiger charge is -2.35. The molecule has 2 aromatic rings. The molecule has 2 saturated heterocycles. The topological polar surface area (TPSA) is 78.9 Å². The fourth-order valence-electron chi connectivity index (χ4n) is 3.55. The number of ether oxygens (including phenoxy) is 1. The van der Waals surface area contributed by atoms with Crippen molar-refractivity contribution < 1.29 is 17.5 Å². The number of piperazine rings is 1. The summed E-state index contributed by atoms with van der Waals surface area (Å²) in [6.07, 6.45) is 0. The summed E-state index contributed by atoms with van der Waals surface area (Å²) in [5.41, 5.74) is 0.859. The summed E-state index contributed by atoms with van der Waals surface area (Å²) in [6, 6.07) is 7.39. The Labute approximate surface area is 170 Å². The minimum absolute atomic E-state index is 0.270. The molecular weight excluding hydrogens is 397 g/mol. The average molecular weight is 421 g/mol. The second-order valence-electron chi connectivity index (χ2n) is 7.09. The van der Waals surface area contributed by atoms with Gasteiger partial charge in [-0.1, -0.05) is 12.1 Å². The van der Waals surface area contributed by atoms with Crippen LogP contribution in [0.2, 0.25) is 0 Å². The van der Waals surface area contributed by atoms with E-state index in [4.69, 9.17) is 9.72 Å². The summed E-state index contributed by atoms with van der Waals surface area (Å²) in [7, 11) is -3.85. The van der Waals surface area contributed by atoms with Crippen molar-refractivity contribution in [3.63, 3.8) is 0 Å². The highest BCUT2D eigenvalue weighted by atomic mass is 32.2. The maximum atomic E-state index is 14.0. The number of morpholine rings is 1. The number of sulfonamides is 1. The SMILES string of the molecule is Cc1cc(N2CCN(S(=O)(=O)c3ccccc3F)CC2)nc(N2CCOCC2)n1. The van der Waals surface area contributed by atoms with E-state index in [2.05, 4.69) is 9.88 Å². The van der Waals surface area contributed by atoms with Crippen molar-refractivity contribution in [3.8, 4) is 0 Å². The van der Waals surface area contributed by atoms with E-state index < -0.39 is 15.8 Å².